The number of carbonyl (C=O) groups is 1. The normalized spacial score (nSPS) is 12.6. The molecule has 0 aliphatic carbocycles. The maximum Gasteiger partial charge on any atom is 0.231 e. The second-order valence-corrected chi connectivity index (χ2v) is 5.43. The number of nitrogens with two attached hydrogens (primary N) is 1. The number of nitrogens with zero attached hydrogens (tertiary/aromatic N) is 3. The zero-order valence-electron chi connectivity index (χ0n) is 12.2. The van der Waals surface area contributed by atoms with Crippen molar-refractivity contribution >= 4 is 17.5 Å². The van der Waals surface area contributed by atoms with Gasteiger partial charge in [0.25, 0.3) is 0 Å². The van der Waals surface area contributed by atoms with Gasteiger partial charge in [0.15, 0.2) is 0 Å². The Labute approximate surface area is 129 Å². The van der Waals surface area contributed by atoms with Gasteiger partial charge in [0.2, 0.25) is 5.91 Å². The van der Waals surface area contributed by atoms with Crippen LogP contribution in [0.3, 0.4) is 0 Å². The summed E-state index contributed by atoms with van der Waals surface area (Å²) in [5.74, 6) is -0.361. The standard InChI is InChI=1S/C15H19ClN4O/c1-11(12-6-4-3-5-7-12)20(10-15(17)21)9-13-8-14(16)19(2)18-13/h3-8,11H,9-10H2,1-2H3,(H2,17,21)/t11-/m1/s1. The average molecular weight is 307 g/mol. The lowest BCUT2D eigenvalue weighted by Crippen LogP contribution is -2.35. The number of aromatic nitrogens is 2. The fourth-order valence-electron chi connectivity index (χ4n) is 2.26. The molecule has 2 N–H and O–H groups in total. The minimum Gasteiger partial charge on any atom is -0.369 e. The first-order chi connectivity index (χ1) is 9.97. The lowest BCUT2D eigenvalue weighted by Gasteiger charge is -2.27. The number of rotatable bonds is 6. The van der Waals surface area contributed by atoms with Gasteiger partial charge in [-0.05, 0) is 18.6 Å². The lowest BCUT2D eigenvalue weighted by atomic mass is 10.1. The Hall–Kier alpha value is -1.85. The van der Waals surface area contributed by atoms with Crippen LogP contribution < -0.4 is 5.73 Å². The molecule has 0 bridgehead atoms. The van der Waals surface area contributed by atoms with Crippen LogP contribution >= 0.6 is 11.6 Å². The van der Waals surface area contributed by atoms with Crippen molar-refractivity contribution in [2.75, 3.05) is 6.54 Å². The Morgan fingerprint density at radius 3 is 2.62 bits per heavy atom. The predicted octanol–water partition coefficient (Wildman–Crippen LogP) is 2.12. The van der Waals surface area contributed by atoms with Gasteiger partial charge < -0.3 is 5.73 Å². The van der Waals surface area contributed by atoms with Crippen LogP contribution in [0.2, 0.25) is 5.15 Å². The number of aryl methyl sites for hydroxylation is 1. The third-order valence-corrected chi connectivity index (χ3v) is 3.78. The molecule has 2 aromatic rings. The molecular formula is C15H19ClN4O. The molecule has 1 aromatic carbocycles. The van der Waals surface area contributed by atoms with E-state index in [4.69, 9.17) is 17.3 Å². The Bertz CT molecular complexity index is 592. The SMILES string of the molecule is C[C@H](c1ccccc1)N(CC(N)=O)Cc1cc(Cl)n(C)n1. The van der Waals surface area contributed by atoms with Gasteiger partial charge in [-0.2, -0.15) is 5.10 Å². The highest BCUT2D eigenvalue weighted by Gasteiger charge is 2.19. The molecule has 0 spiro atoms. The zero-order chi connectivity index (χ0) is 15.4. The Morgan fingerprint density at radius 2 is 2.10 bits per heavy atom. The van der Waals surface area contributed by atoms with Crippen LogP contribution in [0.5, 0.6) is 0 Å². The van der Waals surface area contributed by atoms with E-state index in [-0.39, 0.29) is 18.5 Å². The molecule has 0 aliphatic heterocycles. The quantitative estimate of drug-likeness (QED) is 0.889. The van der Waals surface area contributed by atoms with E-state index in [0.29, 0.717) is 11.7 Å². The average Bonchev–Trinajstić information content (AvgIpc) is 2.76. The Morgan fingerprint density at radius 1 is 1.43 bits per heavy atom. The second kappa shape index (κ2) is 6.74. The molecule has 112 valence electrons. The van der Waals surface area contributed by atoms with Crippen LogP contribution in [0.25, 0.3) is 0 Å². The van der Waals surface area contributed by atoms with Crippen molar-refractivity contribution in [3.05, 3.63) is 52.8 Å². The van der Waals surface area contributed by atoms with Gasteiger partial charge in [-0.1, -0.05) is 41.9 Å². The molecule has 1 heterocycles. The minimum atomic E-state index is -0.361. The van der Waals surface area contributed by atoms with Gasteiger partial charge in [0.1, 0.15) is 5.15 Å². The van der Waals surface area contributed by atoms with Crippen molar-refractivity contribution in [3.8, 4) is 0 Å². The maximum atomic E-state index is 11.3. The molecule has 0 aliphatic rings. The van der Waals surface area contributed by atoms with Gasteiger partial charge in [-0.3, -0.25) is 14.4 Å². The summed E-state index contributed by atoms with van der Waals surface area (Å²) in [6.07, 6.45) is 0. The lowest BCUT2D eigenvalue weighted by molar-refractivity contribution is -0.119. The molecule has 0 saturated heterocycles. The van der Waals surface area contributed by atoms with E-state index in [9.17, 15) is 4.79 Å². The molecule has 21 heavy (non-hydrogen) atoms. The number of amides is 1. The summed E-state index contributed by atoms with van der Waals surface area (Å²) >= 11 is 6.01. The fourth-order valence-corrected chi connectivity index (χ4v) is 2.42. The van der Waals surface area contributed by atoms with Crippen molar-refractivity contribution in [1.82, 2.24) is 14.7 Å². The van der Waals surface area contributed by atoms with E-state index in [1.807, 2.05) is 42.2 Å². The number of primary amides is 1. The summed E-state index contributed by atoms with van der Waals surface area (Å²) in [5, 5.41) is 4.89. The third-order valence-electron chi connectivity index (χ3n) is 3.43. The molecule has 0 saturated carbocycles. The molecule has 0 unspecified atom stereocenters. The Kier molecular flexibility index (Phi) is 4.98. The maximum absolute atomic E-state index is 11.3. The van der Waals surface area contributed by atoms with Crippen LogP contribution in [-0.4, -0.2) is 27.1 Å². The molecule has 0 fully saturated rings. The molecule has 1 amide bonds. The number of hydrogen-bond acceptors (Lipinski definition) is 3. The van der Waals surface area contributed by atoms with E-state index in [1.54, 1.807) is 17.8 Å². The van der Waals surface area contributed by atoms with Crippen LogP contribution in [0.15, 0.2) is 36.4 Å². The first-order valence-corrected chi connectivity index (χ1v) is 7.11. The highest BCUT2D eigenvalue weighted by Crippen LogP contribution is 2.22. The van der Waals surface area contributed by atoms with E-state index < -0.39 is 0 Å². The van der Waals surface area contributed by atoms with E-state index in [1.165, 1.54) is 0 Å². The van der Waals surface area contributed by atoms with E-state index in [0.717, 1.165) is 11.3 Å². The van der Waals surface area contributed by atoms with Crippen molar-refractivity contribution in [3.63, 3.8) is 0 Å². The molecule has 0 radical (unpaired) electrons. The van der Waals surface area contributed by atoms with Crippen LogP contribution in [0.4, 0.5) is 0 Å². The van der Waals surface area contributed by atoms with Gasteiger partial charge in [0, 0.05) is 19.6 Å². The monoisotopic (exact) mass is 306 g/mol. The summed E-state index contributed by atoms with van der Waals surface area (Å²) < 4.78 is 1.60. The first-order valence-electron chi connectivity index (χ1n) is 6.73. The van der Waals surface area contributed by atoms with E-state index in [2.05, 4.69) is 5.10 Å². The van der Waals surface area contributed by atoms with Crippen molar-refractivity contribution < 1.29 is 4.79 Å². The van der Waals surface area contributed by atoms with Crippen molar-refractivity contribution in [1.29, 1.82) is 0 Å². The summed E-state index contributed by atoms with van der Waals surface area (Å²) in [4.78, 5) is 13.3. The highest BCUT2D eigenvalue weighted by molar-refractivity contribution is 6.29. The number of halogens is 1. The number of carbonyl (C=O) groups excluding carboxylic acids is 1. The predicted molar refractivity (Wildman–Crippen MR) is 82.7 cm³/mol. The molecule has 6 heteroatoms. The largest absolute Gasteiger partial charge is 0.369 e. The molecule has 5 nitrogen and oxygen atoms in total. The van der Waals surface area contributed by atoms with Gasteiger partial charge in [-0.25, -0.2) is 0 Å². The van der Waals surface area contributed by atoms with Crippen LogP contribution in [0.1, 0.15) is 24.2 Å². The van der Waals surface area contributed by atoms with Gasteiger partial charge in [0.05, 0.1) is 12.2 Å². The van der Waals surface area contributed by atoms with Crippen molar-refractivity contribution in [2.24, 2.45) is 12.8 Å². The molecule has 1 atom stereocenters. The summed E-state index contributed by atoms with van der Waals surface area (Å²) in [6, 6.07) is 11.8. The number of hydrogen-bond donors (Lipinski definition) is 1. The van der Waals surface area contributed by atoms with Crippen LogP contribution in [0, 0.1) is 0 Å². The molecule has 2 rings (SSSR count). The fraction of sp³-hybridized carbons (Fsp3) is 0.333. The highest BCUT2D eigenvalue weighted by atomic mass is 35.5. The minimum absolute atomic E-state index is 0.0551. The van der Waals surface area contributed by atoms with Gasteiger partial charge in [-0.15, -0.1) is 0 Å². The smallest absolute Gasteiger partial charge is 0.231 e. The Balaban J connectivity index is 2.19. The molecule has 1 aromatic heterocycles. The summed E-state index contributed by atoms with van der Waals surface area (Å²) in [5.41, 5.74) is 7.30. The molecular weight excluding hydrogens is 288 g/mol. The topological polar surface area (TPSA) is 64.2 Å². The number of benzene rings is 1. The van der Waals surface area contributed by atoms with Crippen LogP contribution in [-0.2, 0) is 18.4 Å². The first kappa shape index (κ1) is 15.5. The second-order valence-electron chi connectivity index (χ2n) is 5.04. The summed E-state index contributed by atoms with van der Waals surface area (Å²) in [6.45, 7) is 2.73. The van der Waals surface area contributed by atoms with Gasteiger partial charge >= 0.3 is 0 Å². The third kappa shape index (κ3) is 4.06. The van der Waals surface area contributed by atoms with Crippen molar-refractivity contribution in [2.45, 2.75) is 19.5 Å². The zero-order valence-corrected chi connectivity index (χ0v) is 12.9. The van der Waals surface area contributed by atoms with E-state index >= 15 is 0 Å². The summed E-state index contributed by atoms with van der Waals surface area (Å²) in [7, 11) is 1.78.